The van der Waals surface area contributed by atoms with Crippen LogP contribution in [-0.4, -0.2) is 22.9 Å². The molecule has 0 aromatic heterocycles. The average Bonchev–Trinajstić information content (AvgIpc) is 2.58. The molecule has 0 saturated heterocycles. The zero-order chi connectivity index (χ0) is 19.4. The molecule has 1 atom stereocenters. The number of nitro benzene ring substituents is 1. The van der Waals surface area contributed by atoms with Crippen LogP contribution in [0.1, 0.15) is 17.3 Å². The van der Waals surface area contributed by atoms with E-state index < -0.39 is 28.7 Å². The van der Waals surface area contributed by atoms with Crippen LogP contribution in [-0.2, 0) is 9.53 Å². The van der Waals surface area contributed by atoms with Gasteiger partial charge in [-0.3, -0.25) is 14.9 Å². The first kappa shape index (κ1) is 19.6. The van der Waals surface area contributed by atoms with E-state index in [-0.39, 0.29) is 27.0 Å². The van der Waals surface area contributed by atoms with Crippen molar-refractivity contribution in [1.82, 2.24) is 0 Å². The standard InChI is InChI=1S/C16H11Cl2FN2O5/c1-8(15(22)20-9-3-2-4-10(5-9)21(24)25)26-16(23)11-6-14(19)13(18)7-12(11)17/h2-8H,1H3,(H,20,22). The Morgan fingerprint density at radius 3 is 2.58 bits per heavy atom. The minimum Gasteiger partial charge on any atom is -0.449 e. The summed E-state index contributed by atoms with van der Waals surface area (Å²) in [4.78, 5) is 34.2. The number of carbonyl (C=O) groups is 2. The number of amides is 1. The number of hydrogen-bond acceptors (Lipinski definition) is 5. The number of hydrogen-bond donors (Lipinski definition) is 1. The van der Waals surface area contributed by atoms with Gasteiger partial charge in [0.1, 0.15) is 5.82 Å². The highest BCUT2D eigenvalue weighted by atomic mass is 35.5. The third-order valence-electron chi connectivity index (χ3n) is 3.21. The summed E-state index contributed by atoms with van der Waals surface area (Å²) in [5.41, 5.74) is -0.345. The van der Waals surface area contributed by atoms with Crippen LogP contribution in [0.2, 0.25) is 10.0 Å². The number of anilines is 1. The van der Waals surface area contributed by atoms with Gasteiger partial charge >= 0.3 is 5.97 Å². The van der Waals surface area contributed by atoms with E-state index in [1.54, 1.807) is 0 Å². The molecule has 0 bridgehead atoms. The molecule has 0 spiro atoms. The van der Waals surface area contributed by atoms with Crippen molar-refractivity contribution in [3.05, 3.63) is 67.9 Å². The highest BCUT2D eigenvalue weighted by Gasteiger charge is 2.22. The second-order valence-electron chi connectivity index (χ2n) is 5.09. The summed E-state index contributed by atoms with van der Waals surface area (Å²) in [6.45, 7) is 1.28. The number of carbonyl (C=O) groups excluding carboxylic acids is 2. The van der Waals surface area contributed by atoms with Crippen LogP contribution in [0.25, 0.3) is 0 Å². The molecule has 0 radical (unpaired) electrons. The monoisotopic (exact) mass is 400 g/mol. The zero-order valence-electron chi connectivity index (χ0n) is 13.2. The van der Waals surface area contributed by atoms with E-state index in [1.807, 2.05) is 0 Å². The van der Waals surface area contributed by atoms with Gasteiger partial charge in [-0.2, -0.15) is 0 Å². The molecule has 7 nitrogen and oxygen atoms in total. The van der Waals surface area contributed by atoms with Gasteiger partial charge in [-0.1, -0.05) is 29.3 Å². The number of nitrogens with zero attached hydrogens (tertiary/aromatic N) is 1. The second kappa shape index (κ2) is 8.11. The lowest BCUT2D eigenvalue weighted by Gasteiger charge is -2.14. The normalized spacial score (nSPS) is 11.5. The maximum Gasteiger partial charge on any atom is 0.340 e. The van der Waals surface area contributed by atoms with Crippen molar-refractivity contribution < 1.29 is 23.6 Å². The first-order chi connectivity index (χ1) is 12.2. The molecule has 1 amide bonds. The van der Waals surface area contributed by atoms with E-state index in [0.29, 0.717) is 0 Å². The first-order valence-corrected chi connectivity index (χ1v) is 7.85. The molecule has 0 heterocycles. The predicted octanol–water partition coefficient (Wildman–Crippen LogP) is 4.22. The van der Waals surface area contributed by atoms with Crippen LogP contribution in [0.4, 0.5) is 15.8 Å². The molecule has 10 heteroatoms. The number of ether oxygens (including phenoxy) is 1. The molecule has 0 aliphatic rings. The largest absolute Gasteiger partial charge is 0.449 e. The van der Waals surface area contributed by atoms with Gasteiger partial charge in [0, 0.05) is 17.8 Å². The highest BCUT2D eigenvalue weighted by Crippen LogP contribution is 2.25. The number of non-ortho nitro benzene ring substituents is 1. The van der Waals surface area contributed by atoms with Crippen LogP contribution in [0, 0.1) is 15.9 Å². The van der Waals surface area contributed by atoms with E-state index in [1.165, 1.54) is 25.1 Å². The van der Waals surface area contributed by atoms with Crippen LogP contribution >= 0.6 is 23.2 Å². The summed E-state index contributed by atoms with van der Waals surface area (Å²) >= 11 is 11.4. The third kappa shape index (κ3) is 4.68. The molecular weight excluding hydrogens is 390 g/mol. The second-order valence-corrected chi connectivity index (χ2v) is 5.90. The van der Waals surface area contributed by atoms with Crippen LogP contribution < -0.4 is 5.32 Å². The molecule has 26 heavy (non-hydrogen) atoms. The Labute approximate surface area is 156 Å². The van der Waals surface area contributed by atoms with Gasteiger partial charge in [-0.15, -0.1) is 0 Å². The van der Waals surface area contributed by atoms with E-state index in [2.05, 4.69) is 5.32 Å². The van der Waals surface area contributed by atoms with Gasteiger partial charge in [0.2, 0.25) is 0 Å². The Bertz CT molecular complexity index is 891. The van der Waals surface area contributed by atoms with Crippen molar-refractivity contribution in [2.24, 2.45) is 0 Å². The van der Waals surface area contributed by atoms with Gasteiger partial charge < -0.3 is 10.1 Å². The number of nitrogens with one attached hydrogen (secondary N) is 1. The summed E-state index contributed by atoms with van der Waals surface area (Å²) in [6.07, 6.45) is -1.27. The number of rotatable bonds is 5. The fourth-order valence-electron chi connectivity index (χ4n) is 1.90. The lowest BCUT2D eigenvalue weighted by atomic mass is 10.2. The Morgan fingerprint density at radius 2 is 1.92 bits per heavy atom. The number of halogens is 3. The molecule has 2 aromatic rings. The maximum absolute atomic E-state index is 13.5. The zero-order valence-corrected chi connectivity index (χ0v) is 14.7. The minimum absolute atomic E-state index is 0.132. The molecule has 0 aliphatic heterocycles. The van der Waals surface area contributed by atoms with E-state index in [4.69, 9.17) is 27.9 Å². The maximum atomic E-state index is 13.5. The van der Waals surface area contributed by atoms with Crippen LogP contribution in [0.3, 0.4) is 0 Å². The number of benzene rings is 2. The smallest absolute Gasteiger partial charge is 0.340 e. The molecule has 1 unspecified atom stereocenters. The van der Waals surface area contributed by atoms with Crippen molar-refractivity contribution in [2.45, 2.75) is 13.0 Å². The lowest BCUT2D eigenvalue weighted by molar-refractivity contribution is -0.384. The topological polar surface area (TPSA) is 98.5 Å². The summed E-state index contributed by atoms with van der Waals surface area (Å²) < 4.78 is 18.4. The fourth-order valence-corrected chi connectivity index (χ4v) is 2.36. The van der Waals surface area contributed by atoms with Crippen molar-refractivity contribution in [3.63, 3.8) is 0 Å². The summed E-state index contributed by atoms with van der Waals surface area (Å²) in [5.74, 6) is -2.62. The number of esters is 1. The molecule has 2 aromatic carbocycles. The number of nitro groups is 1. The van der Waals surface area contributed by atoms with Gasteiger partial charge in [-0.05, 0) is 25.1 Å². The summed E-state index contributed by atoms with van der Waals surface area (Å²) in [5, 5.41) is 12.7. The molecule has 0 aliphatic carbocycles. The van der Waals surface area contributed by atoms with E-state index in [9.17, 15) is 24.1 Å². The van der Waals surface area contributed by atoms with Crippen molar-refractivity contribution in [1.29, 1.82) is 0 Å². The lowest BCUT2D eigenvalue weighted by Crippen LogP contribution is -2.30. The molecule has 1 N–H and O–H groups in total. The highest BCUT2D eigenvalue weighted by molar-refractivity contribution is 6.36. The Hall–Kier alpha value is -2.71. The van der Waals surface area contributed by atoms with Gasteiger partial charge in [0.05, 0.1) is 20.5 Å². The van der Waals surface area contributed by atoms with Crippen molar-refractivity contribution in [2.75, 3.05) is 5.32 Å². The Kier molecular flexibility index (Phi) is 6.12. The first-order valence-electron chi connectivity index (χ1n) is 7.10. The van der Waals surface area contributed by atoms with E-state index >= 15 is 0 Å². The van der Waals surface area contributed by atoms with Crippen LogP contribution in [0.15, 0.2) is 36.4 Å². The molecule has 0 fully saturated rings. The summed E-state index contributed by atoms with van der Waals surface area (Å²) in [7, 11) is 0. The average molecular weight is 401 g/mol. The molecule has 2 rings (SSSR count). The SMILES string of the molecule is CC(OC(=O)c1cc(F)c(Cl)cc1Cl)C(=O)Nc1cccc([N+](=O)[O-])c1. The summed E-state index contributed by atoms with van der Waals surface area (Å²) in [6, 6.07) is 7.08. The van der Waals surface area contributed by atoms with E-state index in [0.717, 1.165) is 18.2 Å². The third-order valence-corrected chi connectivity index (χ3v) is 3.81. The quantitative estimate of drug-likeness (QED) is 0.350. The molecule has 136 valence electrons. The van der Waals surface area contributed by atoms with Crippen LogP contribution in [0.5, 0.6) is 0 Å². The van der Waals surface area contributed by atoms with Gasteiger partial charge in [-0.25, -0.2) is 9.18 Å². The molecule has 0 saturated carbocycles. The van der Waals surface area contributed by atoms with Crippen molar-refractivity contribution in [3.8, 4) is 0 Å². The van der Waals surface area contributed by atoms with Gasteiger partial charge in [0.25, 0.3) is 11.6 Å². The Morgan fingerprint density at radius 1 is 1.23 bits per heavy atom. The Balaban J connectivity index is 2.07. The van der Waals surface area contributed by atoms with Gasteiger partial charge in [0.15, 0.2) is 6.10 Å². The van der Waals surface area contributed by atoms with Crippen molar-refractivity contribution >= 4 is 46.5 Å². The minimum atomic E-state index is -1.27. The fraction of sp³-hybridized carbons (Fsp3) is 0.125. The molecular formula is C16H11Cl2FN2O5. The predicted molar refractivity (Wildman–Crippen MR) is 93.0 cm³/mol.